The first-order valence-electron chi connectivity index (χ1n) is 22.2. The first kappa shape index (κ1) is 53.6. The fraction of sp³-hybridized carbons (Fsp3) is 0.574. The molecule has 0 spiro atoms. The van der Waals surface area contributed by atoms with Crippen molar-refractivity contribution in [3.63, 3.8) is 0 Å². The smallest absolute Gasteiger partial charge is 0.303 e. The monoisotopic (exact) mass is 949 g/mol. The second kappa shape index (κ2) is 25.2. The van der Waals surface area contributed by atoms with Gasteiger partial charge in [-0.2, -0.15) is 16.8 Å². The zero-order chi connectivity index (χ0) is 47.7. The molecule has 0 radical (unpaired) electrons. The van der Waals surface area contributed by atoms with E-state index in [-0.39, 0.29) is 28.9 Å². The Morgan fingerprint density at radius 1 is 0.846 bits per heavy atom. The Morgan fingerprint density at radius 3 is 2.08 bits per heavy atom. The molecule has 0 saturated carbocycles. The van der Waals surface area contributed by atoms with Crippen molar-refractivity contribution in [3.8, 4) is 11.3 Å². The van der Waals surface area contributed by atoms with Gasteiger partial charge in [0.05, 0.1) is 69.6 Å². The summed E-state index contributed by atoms with van der Waals surface area (Å²) in [6, 6.07) is 12.6. The van der Waals surface area contributed by atoms with Crippen molar-refractivity contribution in [1.82, 2.24) is 4.58 Å². The number of ether oxygens (including phenoxy) is 5. The highest BCUT2D eigenvalue weighted by Crippen LogP contribution is 2.51. The second-order valence-electron chi connectivity index (χ2n) is 17.2. The topological polar surface area (TPSA) is 212 Å². The first-order valence-corrected chi connectivity index (χ1v) is 25.2. The minimum Gasteiger partial charge on any atom is -0.481 e. The largest absolute Gasteiger partial charge is 0.481 e. The first-order chi connectivity index (χ1) is 30.8. The molecule has 0 amide bonds. The number of hydrogen-bond donors (Lipinski definition) is 3. The minimum absolute atomic E-state index is 0.0631. The molecular weight excluding hydrogens is 881 g/mol. The van der Waals surface area contributed by atoms with E-state index in [1.807, 2.05) is 60.9 Å². The molecule has 1 unspecified atom stereocenters. The van der Waals surface area contributed by atoms with Crippen LogP contribution in [-0.4, -0.2) is 129 Å². The summed E-state index contributed by atoms with van der Waals surface area (Å²) in [6.45, 7) is 15.7. The highest BCUT2D eigenvalue weighted by atomic mass is 32.2. The molecule has 0 saturated heterocycles. The van der Waals surface area contributed by atoms with Crippen molar-refractivity contribution in [2.75, 3.05) is 96.9 Å². The number of carboxylic acids is 1. The number of rotatable bonds is 29. The van der Waals surface area contributed by atoms with E-state index in [0.29, 0.717) is 122 Å². The van der Waals surface area contributed by atoms with Crippen LogP contribution in [0.1, 0.15) is 90.0 Å². The summed E-state index contributed by atoms with van der Waals surface area (Å²) < 4.78 is 103. The van der Waals surface area contributed by atoms with E-state index < -0.39 is 31.6 Å². The third-order valence-electron chi connectivity index (χ3n) is 11.2. The van der Waals surface area contributed by atoms with Crippen molar-refractivity contribution in [2.45, 2.75) is 88.9 Å². The van der Waals surface area contributed by atoms with Crippen LogP contribution in [0, 0.1) is 0 Å². The summed E-state index contributed by atoms with van der Waals surface area (Å²) in [5, 5.41) is 10.1. The van der Waals surface area contributed by atoms with Gasteiger partial charge in [0.15, 0.2) is 0 Å². The molecule has 1 atom stereocenters. The summed E-state index contributed by atoms with van der Waals surface area (Å²) in [5.74, 6) is 0.0433. The SMILES string of the molecule is CC[N+](CCCS(=O)(=O)O)=c1ccc2c(C(C)(C)C)cc(C=CC=C3N(CCCCCC(=O)O)c4ccc(S(=O)(=O)O)cc4C3(C)CCOCCOCCOCCOCCOC)oc-2c1. The van der Waals surface area contributed by atoms with Gasteiger partial charge in [-0.05, 0) is 92.1 Å². The van der Waals surface area contributed by atoms with Crippen molar-refractivity contribution in [3.05, 3.63) is 82.6 Å². The van der Waals surface area contributed by atoms with Gasteiger partial charge in [0.25, 0.3) is 20.2 Å². The predicted octanol–water partition coefficient (Wildman–Crippen LogP) is 6.42. The van der Waals surface area contributed by atoms with Gasteiger partial charge in [-0.25, -0.2) is 4.58 Å². The highest BCUT2D eigenvalue weighted by Gasteiger charge is 2.43. The van der Waals surface area contributed by atoms with Gasteiger partial charge in [0.1, 0.15) is 24.6 Å². The van der Waals surface area contributed by atoms with Crippen LogP contribution in [-0.2, 0) is 59.5 Å². The van der Waals surface area contributed by atoms with Gasteiger partial charge >= 0.3 is 5.97 Å². The normalized spacial score (nSPS) is 16.9. The Morgan fingerprint density at radius 2 is 1.49 bits per heavy atom. The number of anilines is 1. The van der Waals surface area contributed by atoms with Gasteiger partial charge in [-0.15, -0.1) is 0 Å². The summed E-state index contributed by atoms with van der Waals surface area (Å²) in [5.41, 5.74) is 3.29. The number of methoxy groups -OCH3 is 1. The van der Waals surface area contributed by atoms with Crippen molar-refractivity contribution >= 4 is 38.0 Å². The lowest BCUT2D eigenvalue weighted by Gasteiger charge is -2.30. The van der Waals surface area contributed by atoms with Crippen LogP contribution < -0.4 is 14.8 Å². The maximum Gasteiger partial charge on any atom is 0.303 e. The van der Waals surface area contributed by atoms with E-state index in [4.69, 9.17) is 28.1 Å². The van der Waals surface area contributed by atoms with Gasteiger partial charge in [-0.3, -0.25) is 13.9 Å². The molecule has 0 bridgehead atoms. The number of aliphatic carboxylic acids is 1. The van der Waals surface area contributed by atoms with Gasteiger partial charge in [0, 0.05) is 61.5 Å². The van der Waals surface area contributed by atoms with E-state index >= 15 is 0 Å². The average molecular weight is 950 g/mol. The highest BCUT2D eigenvalue weighted by molar-refractivity contribution is 7.86. The second-order valence-corrected chi connectivity index (χ2v) is 20.2. The van der Waals surface area contributed by atoms with Crippen LogP contribution in [0.25, 0.3) is 17.4 Å². The molecular formula is C47H69N2O14S2+. The summed E-state index contributed by atoms with van der Waals surface area (Å²) in [7, 11) is -6.99. The van der Waals surface area contributed by atoms with Crippen LogP contribution in [0.4, 0.5) is 5.69 Å². The van der Waals surface area contributed by atoms with Crippen LogP contribution in [0.3, 0.4) is 0 Å². The van der Waals surface area contributed by atoms with E-state index in [0.717, 1.165) is 27.9 Å². The maximum atomic E-state index is 12.4. The Bertz CT molecular complexity index is 2330. The Kier molecular flexibility index (Phi) is 20.8. The molecule has 18 heteroatoms. The number of nitrogens with zero attached hydrogens (tertiary/aromatic N) is 2. The lowest BCUT2D eigenvalue weighted by atomic mass is 9.78. The lowest BCUT2D eigenvalue weighted by Crippen LogP contribution is -2.31. The molecule has 1 aliphatic carbocycles. The molecule has 2 aliphatic heterocycles. The third-order valence-corrected chi connectivity index (χ3v) is 12.9. The molecule has 4 rings (SSSR count). The number of unbranched alkanes of at least 4 members (excludes halogenated alkanes) is 2. The third kappa shape index (κ3) is 16.7. The Hall–Kier alpha value is -3.98. The minimum atomic E-state index is -4.53. The van der Waals surface area contributed by atoms with Gasteiger partial charge in [0.2, 0.25) is 5.36 Å². The number of fused-ring (bicyclic) bond motifs is 2. The average Bonchev–Trinajstić information content (AvgIpc) is 3.46. The fourth-order valence-electron chi connectivity index (χ4n) is 7.83. The molecule has 2 heterocycles. The molecule has 16 nitrogen and oxygen atoms in total. The van der Waals surface area contributed by atoms with Crippen molar-refractivity contribution in [2.24, 2.45) is 0 Å². The predicted molar refractivity (Wildman–Crippen MR) is 250 cm³/mol. The Balaban J connectivity index is 1.66. The molecule has 1 aromatic carbocycles. The number of benzene rings is 2. The van der Waals surface area contributed by atoms with Crippen LogP contribution in [0.15, 0.2) is 69.6 Å². The molecule has 0 fully saturated rings. The van der Waals surface area contributed by atoms with Crippen LogP contribution in [0.5, 0.6) is 0 Å². The van der Waals surface area contributed by atoms with Crippen molar-refractivity contribution in [1.29, 1.82) is 0 Å². The van der Waals surface area contributed by atoms with Gasteiger partial charge < -0.3 is 38.1 Å². The van der Waals surface area contributed by atoms with E-state index in [1.54, 1.807) is 13.2 Å². The summed E-state index contributed by atoms with van der Waals surface area (Å²) in [6.07, 6.45) is 8.39. The number of hydrogen-bond acceptors (Lipinski definition) is 12. The summed E-state index contributed by atoms with van der Waals surface area (Å²) in [4.78, 5) is 13.2. The summed E-state index contributed by atoms with van der Waals surface area (Å²) >= 11 is 0. The van der Waals surface area contributed by atoms with Crippen molar-refractivity contribution < 1.29 is 63.9 Å². The van der Waals surface area contributed by atoms with Gasteiger partial charge in [-0.1, -0.05) is 33.3 Å². The number of carboxylic acid groups (broad SMARTS) is 1. The number of allylic oxidation sites excluding steroid dienone is 3. The molecule has 362 valence electrons. The maximum absolute atomic E-state index is 12.4. The fourth-order valence-corrected chi connectivity index (χ4v) is 8.84. The standard InChI is InChI=1S/C47H68N2O14S2/c1-7-48(21-12-32-64(52,53)54)36-16-18-39-40(46(2,3)4)34-37(63-43(39)33-36)13-11-14-44-47(5,20-23-59-26-27-61-30-31-62-29-28-60-25-24-58-6)41-35-38(65(55,56)57)17-19-42(41)49(44)22-10-8-9-15-45(50)51/h11,13-14,16-19,33-35H,7-10,12,15,20-32H2,1-6H3,(H2-,50,51,52,53,54,55,56,57)/p+1. The number of carbonyl (C=O) groups is 1. The zero-order valence-corrected chi connectivity index (χ0v) is 40.4. The van der Waals surface area contributed by atoms with Crippen LogP contribution >= 0.6 is 0 Å². The quantitative estimate of drug-likeness (QED) is 0.0389. The molecule has 0 aromatic heterocycles. The molecule has 3 aliphatic rings. The zero-order valence-electron chi connectivity index (χ0n) is 38.8. The lowest BCUT2D eigenvalue weighted by molar-refractivity contribution is -0.137. The van der Waals surface area contributed by atoms with Crippen LogP contribution in [0.2, 0.25) is 0 Å². The van der Waals surface area contributed by atoms with E-state index in [9.17, 15) is 35.8 Å². The van der Waals surface area contributed by atoms with E-state index in [1.165, 1.54) is 12.1 Å². The molecule has 3 N–H and O–H groups in total. The Labute approximate surface area is 384 Å². The molecule has 65 heavy (non-hydrogen) atoms. The van der Waals surface area contributed by atoms with E-state index in [2.05, 4.69) is 25.7 Å². The molecule has 1 aromatic rings.